The third-order valence-corrected chi connectivity index (χ3v) is 13.6. The zero-order chi connectivity index (χ0) is 43.7. The van der Waals surface area contributed by atoms with Crippen molar-refractivity contribution in [2.75, 3.05) is 0 Å². The molecular formula is C55H55FIrN4OSi-2. The number of halogens is 1. The third kappa shape index (κ3) is 9.69. The Hall–Kier alpha value is -5.53. The molecule has 0 bridgehead atoms. The van der Waals surface area contributed by atoms with Crippen LogP contribution in [0.5, 0.6) is 0 Å². The molecule has 0 N–H and O–H groups in total. The van der Waals surface area contributed by atoms with Crippen LogP contribution in [0.3, 0.4) is 0 Å². The Labute approximate surface area is 386 Å². The van der Waals surface area contributed by atoms with E-state index in [4.69, 9.17) is 9.40 Å². The number of para-hydroxylation sites is 2. The van der Waals surface area contributed by atoms with E-state index in [2.05, 4.69) is 155 Å². The van der Waals surface area contributed by atoms with E-state index in [0.717, 1.165) is 50.9 Å². The van der Waals surface area contributed by atoms with Crippen molar-refractivity contribution in [2.24, 2.45) is 5.92 Å². The Balaban J connectivity index is 0.000000239. The van der Waals surface area contributed by atoms with Gasteiger partial charge < -0.3 is 14.0 Å². The molecule has 0 aliphatic rings. The second kappa shape index (κ2) is 19.1. The molecule has 0 amide bonds. The van der Waals surface area contributed by atoms with Crippen molar-refractivity contribution in [1.29, 1.82) is 0 Å². The first-order valence-corrected chi connectivity index (χ1v) is 25.3. The minimum absolute atomic E-state index is 0. The van der Waals surface area contributed by atoms with Crippen LogP contribution in [0.1, 0.15) is 75.6 Å². The first-order chi connectivity index (χ1) is 29.8. The van der Waals surface area contributed by atoms with Crippen molar-refractivity contribution in [3.05, 3.63) is 168 Å². The predicted octanol–water partition coefficient (Wildman–Crippen LogP) is 14.2. The van der Waals surface area contributed by atoms with Gasteiger partial charge in [0.1, 0.15) is 0 Å². The van der Waals surface area contributed by atoms with Gasteiger partial charge in [0.05, 0.1) is 30.5 Å². The standard InChI is InChI=1S/C37H31FN3O.C18H24NSi.Ir/c1-22(2)29-19-25(24-11-6-5-7-12-24)20-30(23(3)4)31(29)21-41-33-16-9-8-15-32(33)39-36(41)28-14-10-13-26-27-17-18-34(38)40-37(27)42-35(26)28;1-14(2)11-16-12-17(15-9-7-6-8-10-15)19-13-18(16)20(3,4)5;/h5-13,15-20,22-23H,21H2,1-4H3;6-9,12-14H,11H2,1-5H3;/q2*-1;. The summed E-state index contributed by atoms with van der Waals surface area (Å²) < 4.78 is 22.4. The Bertz CT molecular complexity index is 2970. The van der Waals surface area contributed by atoms with Crippen LogP contribution >= 0.6 is 0 Å². The summed E-state index contributed by atoms with van der Waals surface area (Å²) in [6, 6.07) is 47.4. The van der Waals surface area contributed by atoms with E-state index >= 15 is 0 Å². The SMILES string of the molecule is CC(C)Cc1cc(-c2[c-]cccc2)ncc1[Si](C)(C)C.CC(C)c1cc(-c2ccccc2)cc(C(C)C)c1Cn1c(-c2[c-]ccc3c2oc2nc(F)ccc23)nc2ccccc21.[Ir]. The Morgan fingerprint density at radius 1 is 0.714 bits per heavy atom. The van der Waals surface area contributed by atoms with E-state index in [9.17, 15) is 4.39 Å². The first kappa shape index (κ1) is 45.5. The van der Waals surface area contributed by atoms with Gasteiger partial charge in [-0.05, 0) is 87.1 Å². The molecule has 9 rings (SSSR count). The summed E-state index contributed by atoms with van der Waals surface area (Å²) >= 11 is 0. The van der Waals surface area contributed by atoms with Gasteiger partial charge in [0.25, 0.3) is 0 Å². The average Bonchev–Trinajstić information content (AvgIpc) is 3.81. The van der Waals surface area contributed by atoms with Gasteiger partial charge in [0.15, 0.2) is 0 Å². The third-order valence-electron chi connectivity index (χ3n) is 11.5. The van der Waals surface area contributed by atoms with Crippen molar-refractivity contribution >= 4 is 46.4 Å². The number of rotatable bonds is 10. The smallest absolute Gasteiger partial charge is 0.218 e. The maximum Gasteiger partial charge on any atom is 0.218 e. The van der Waals surface area contributed by atoms with Crippen LogP contribution in [0.2, 0.25) is 19.6 Å². The number of pyridine rings is 2. The minimum Gasteiger partial charge on any atom is -0.486 e. The number of furan rings is 1. The summed E-state index contributed by atoms with van der Waals surface area (Å²) in [6.45, 7) is 21.4. The van der Waals surface area contributed by atoms with E-state index in [-0.39, 0.29) is 25.8 Å². The predicted molar refractivity (Wildman–Crippen MR) is 258 cm³/mol. The maximum absolute atomic E-state index is 14.0. The van der Waals surface area contributed by atoms with Gasteiger partial charge in [-0.2, -0.15) is 9.37 Å². The molecule has 63 heavy (non-hydrogen) atoms. The molecule has 9 aromatic rings. The molecule has 323 valence electrons. The fraction of sp³-hybridized carbons (Fsp3) is 0.255. The molecule has 0 saturated carbocycles. The fourth-order valence-corrected chi connectivity index (χ4v) is 10.1. The first-order valence-electron chi connectivity index (χ1n) is 21.8. The molecular weight excluding hydrogens is 972 g/mol. The Morgan fingerprint density at radius 3 is 2.08 bits per heavy atom. The zero-order valence-corrected chi connectivity index (χ0v) is 41.1. The van der Waals surface area contributed by atoms with Gasteiger partial charge in [-0.15, -0.1) is 54.1 Å². The Morgan fingerprint density at radius 2 is 1.41 bits per heavy atom. The van der Waals surface area contributed by atoms with Crippen LogP contribution in [0.4, 0.5) is 4.39 Å². The molecule has 8 heteroatoms. The molecule has 1 radical (unpaired) electrons. The summed E-state index contributed by atoms with van der Waals surface area (Å²) in [7, 11) is -1.34. The molecule has 0 spiro atoms. The molecule has 5 aromatic carbocycles. The number of hydrogen-bond acceptors (Lipinski definition) is 4. The molecule has 0 fully saturated rings. The van der Waals surface area contributed by atoms with Crippen molar-refractivity contribution in [3.63, 3.8) is 0 Å². The van der Waals surface area contributed by atoms with Crippen LogP contribution in [0.25, 0.3) is 66.9 Å². The van der Waals surface area contributed by atoms with Gasteiger partial charge in [-0.25, -0.2) is 0 Å². The number of imidazole rings is 1. The van der Waals surface area contributed by atoms with E-state index in [0.29, 0.717) is 29.9 Å². The number of benzene rings is 5. The van der Waals surface area contributed by atoms with Crippen LogP contribution in [0, 0.1) is 24.0 Å². The fourth-order valence-electron chi connectivity index (χ4n) is 8.56. The van der Waals surface area contributed by atoms with E-state index < -0.39 is 14.0 Å². The molecule has 4 aromatic heterocycles. The number of hydrogen-bond donors (Lipinski definition) is 0. The Kier molecular flexibility index (Phi) is 13.8. The summed E-state index contributed by atoms with van der Waals surface area (Å²) in [4.78, 5) is 13.8. The second-order valence-electron chi connectivity index (χ2n) is 18.4. The number of aromatic nitrogens is 4. The molecule has 0 aliphatic heterocycles. The van der Waals surface area contributed by atoms with Crippen molar-refractivity contribution in [3.8, 4) is 33.8 Å². The quantitative estimate of drug-likeness (QED) is 0.0778. The van der Waals surface area contributed by atoms with Gasteiger partial charge in [0, 0.05) is 38.2 Å². The van der Waals surface area contributed by atoms with Crippen LogP contribution < -0.4 is 5.19 Å². The summed E-state index contributed by atoms with van der Waals surface area (Å²) in [6.07, 6.45) is 3.24. The van der Waals surface area contributed by atoms with Gasteiger partial charge in [-0.1, -0.05) is 138 Å². The normalized spacial score (nSPS) is 11.8. The number of nitrogens with zero attached hydrogens (tertiary/aromatic N) is 4. The molecule has 0 atom stereocenters. The largest absolute Gasteiger partial charge is 0.486 e. The van der Waals surface area contributed by atoms with E-state index in [1.165, 1.54) is 44.6 Å². The van der Waals surface area contributed by atoms with E-state index in [1.807, 2.05) is 48.5 Å². The molecule has 4 heterocycles. The van der Waals surface area contributed by atoms with Crippen LogP contribution in [-0.4, -0.2) is 27.6 Å². The van der Waals surface area contributed by atoms with Crippen molar-refractivity contribution < 1.29 is 28.9 Å². The second-order valence-corrected chi connectivity index (χ2v) is 23.4. The summed E-state index contributed by atoms with van der Waals surface area (Å²) in [5.74, 6) is 1.51. The molecule has 0 saturated heterocycles. The van der Waals surface area contributed by atoms with Crippen LogP contribution in [-0.2, 0) is 33.1 Å². The molecule has 0 unspecified atom stereocenters. The zero-order valence-electron chi connectivity index (χ0n) is 37.7. The summed E-state index contributed by atoms with van der Waals surface area (Å²) in [5, 5.41) is 3.12. The monoisotopic (exact) mass is 1030 g/mol. The topological polar surface area (TPSA) is 56.7 Å². The van der Waals surface area contributed by atoms with Crippen molar-refractivity contribution in [1.82, 2.24) is 19.5 Å². The number of fused-ring (bicyclic) bond motifs is 4. The maximum atomic E-state index is 14.0. The van der Waals surface area contributed by atoms with Gasteiger partial charge in [-0.3, -0.25) is 4.98 Å². The van der Waals surface area contributed by atoms with Gasteiger partial charge >= 0.3 is 0 Å². The van der Waals surface area contributed by atoms with E-state index in [1.54, 1.807) is 6.07 Å². The minimum atomic E-state index is -1.34. The molecule has 0 aliphatic carbocycles. The van der Waals surface area contributed by atoms with Gasteiger partial charge in [0.2, 0.25) is 11.7 Å². The van der Waals surface area contributed by atoms with Crippen molar-refractivity contribution in [2.45, 2.75) is 86.0 Å². The summed E-state index contributed by atoms with van der Waals surface area (Å²) in [5.41, 5.74) is 13.6. The van der Waals surface area contributed by atoms with Crippen LogP contribution in [0.15, 0.2) is 132 Å². The molecule has 5 nitrogen and oxygen atoms in total. The average molecular weight is 1030 g/mol.